The first kappa shape index (κ1) is 23.1. The number of imide groups is 1. The molecule has 162 valence electrons. The molecule has 0 bridgehead atoms. The van der Waals surface area contributed by atoms with E-state index >= 15 is 0 Å². The SMILES string of the molecule is CCOC(C)CN1C(=O)NC2(CC(C)(C)N(CC(C)OCC)C(C)(C)C2)C1=O. The average molecular weight is 398 g/mol. The maximum atomic E-state index is 13.4. The molecule has 28 heavy (non-hydrogen) atoms. The Bertz CT molecular complexity index is 572. The van der Waals surface area contributed by atoms with Crippen LogP contribution in [0.5, 0.6) is 0 Å². The van der Waals surface area contributed by atoms with E-state index in [1.54, 1.807) is 0 Å². The quantitative estimate of drug-likeness (QED) is 0.638. The second-order valence-electron chi connectivity index (χ2n) is 9.55. The van der Waals surface area contributed by atoms with Crippen LogP contribution in [0.3, 0.4) is 0 Å². The van der Waals surface area contributed by atoms with E-state index in [1.165, 1.54) is 4.90 Å². The lowest BCUT2D eigenvalue weighted by Gasteiger charge is -2.58. The molecule has 0 aliphatic carbocycles. The van der Waals surface area contributed by atoms with Crippen LogP contribution in [0.2, 0.25) is 0 Å². The third-order valence-corrected chi connectivity index (χ3v) is 5.96. The molecule has 0 aromatic rings. The molecular formula is C21H39N3O4. The molecule has 2 heterocycles. The van der Waals surface area contributed by atoms with E-state index in [2.05, 4.69) is 44.8 Å². The standard InChI is InChI=1S/C21H39N3O4/c1-9-27-15(3)11-23-17(25)21(22-18(23)26)13-19(5,6)24(20(7,8)14-21)12-16(4)28-10-2/h15-16H,9-14H2,1-8H3,(H,22,26). The van der Waals surface area contributed by atoms with Crippen molar-refractivity contribution in [3.63, 3.8) is 0 Å². The predicted molar refractivity (Wildman–Crippen MR) is 109 cm³/mol. The summed E-state index contributed by atoms with van der Waals surface area (Å²) < 4.78 is 11.3. The number of urea groups is 1. The topological polar surface area (TPSA) is 71.1 Å². The van der Waals surface area contributed by atoms with E-state index < -0.39 is 5.54 Å². The second-order valence-corrected chi connectivity index (χ2v) is 9.55. The van der Waals surface area contributed by atoms with Crippen LogP contribution in [-0.4, -0.2) is 76.9 Å². The summed E-state index contributed by atoms with van der Waals surface area (Å²) in [6, 6.07) is -0.306. The van der Waals surface area contributed by atoms with Gasteiger partial charge in [-0.25, -0.2) is 4.79 Å². The maximum absolute atomic E-state index is 13.4. The zero-order chi connectivity index (χ0) is 21.3. The van der Waals surface area contributed by atoms with Crippen LogP contribution in [0.1, 0.15) is 68.2 Å². The average Bonchev–Trinajstić information content (AvgIpc) is 2.74. The van der Waals surface area contributed by atoms with E-state index in [4.69, 9.17) is 9.47 Å². The Kier molecular flexibility index (Phi) is 6.83. The summed E-state index contributed by atoms with van der Waals surface area (Å²) >= 11 is 0. The molecule has 2 atom stereocenters. The van der Waals surface area contributed by atoms with Crippen molar-refractivity contribution >= 4 is 11.9 Å². The molecule has 2 unspecified atom stereocenters. The van der Waals surface area contributed by atoms with Gasteiger partial charge in [0.2, 0.25) is 0 Å². The third kappa shape index (κ3) is 4.52. The zero-order valence-electron chi connectivity index (χ0n) is 18.9. The monoisotopic (exact) mass is 397 g/mol. The summed E-state index contributed by atoms with van der Waals surface area (Å²) in [5, 5.41) is 3.05. The summed E-state index contributed by atoms with van der Waals surface area (Å²) in [5.41, 5.74) is -1.39. The number of amides is 3. The van der Waals surface area contributed by atoms with E-state index in [0.717, 1.165) is 6.54 Å². The fourth-order valence-electron chi connectivity index (χ4n) is 5.31. The van der Waals surface area contributed by atoms with Gasteiger partial charge in [-0.2, -0.15) is 0 Å². The van der Waals surface area contributed by atoms with Crippen molar-refractivity contribution in [2.24, 2.45) is 0 Å². The molecule has 2 fully saturated rings. The van der Waals surface area contributed by atoms with Gasteiger partial charge in [-0.3, -0.25) is 14.6 Å². The number of nitrogens with one attached hydrogen (secondary N) is 1. The lowest BCUT2D eigenvalue weighted by atomic mass is 9.68. The molecule has 3 amide bonds. The molecule has 0 aromatic heterocycles. The number of carbonyl (C=O) groups is 2. The van der Waals surface area contributed by atoms with Crippen LogP contribution in [0.4, 0.5) is 4.79 Å². The summed E-state index contributed by atoms with van der Waals surface area (Å²) in [6.07, 6.45) is 1.08. The lowest BCUT2D eigenvalue weighted by molar-refractivity contribution is -0.144. The van der Waals surface area contributed by atoms with Gasteiger partial charge in [0.25, 0.3) is 5.91 Å². The molecule has 1 spiro atoms. The first-order valence-corrected chi connectivity index (χ1v) is 10.5. The third-order valence-electron chi connectivity index (χ3n) is 5.96. The van der Waals surface area contributed by atoms with Crippen molar-refractivity contribution in [3.8, 4) is 0 Å². The minimum absolute atomic E-state index is 0.106. The molecule has 0 aromatic carbocycles. The van der Waals surface area contributed by atoms with Gasteiger partial charge < -0.3 is 14.8 Å². The Labute approximate surface area is 170 Å². The van der Waals surface area contributed by atoms with Crippen molar-refractivity contribution in [1.82, 2.24) is 15.1 Å². The zero-order valence-corrected chi connectivity index (χ0v) is 18.9. The largest absolute Gasteiger partial charge is 0.377 e. The van der Waals surface area contributed by atoms with E-state index in [0.29, 0.717) is 26.1 Å². The lowest BCUT2D eigenvalue weighted by Crippen LogP contribution is -2.70. The number of hydrogen-bond acceptors (Lipinski definition) is 5. The highest BCUT2D eigenvalue weighted by atomic mass is 16.5. The molecule has 2 aliphatic rings. The number of rotatable bonds is 8. The molecule has 0 saturated carbocycles. The first-order chi connectivity index (χ1) is 12.9. The molecular weight excluding hydrogens is 358 g/mol. The van der Waals surface area contributed by atoms with Crippen molar-refractivity contribution in [1.29, 1.82) is 0 Å². The molecule has 1 N–H and O–H groups in total. The first-order valence-electron chi connectivity index (χ1n) is 10.5. The van der Waals surface area contributed by atoms with Crippen LogP contribution in [0.15, 0.2) is 0 Å². The Morgan fingerprint density at radius 3 is 1.86 bits per heavy atom. The number of likely N-dealkylation sites (tertiary alicyclic amines) is 1. The van der Waals surface area contributed by atoms with Crippen molar-refractivity contribution in [3.05, 3.63) is 0 Å². The van der Waals surface area contributed by atoms with Crippen molar-refractivity contribution in [2.75, 3.05) is 26.3 Å². The highest BCUT2D eigenvalue weighted by Gasteiger charge is 2.61. The minimum atomic E-state index is -0.860. The van der Waals surface area contributed by atoms with E-state index in [1.807, 2.05) is 20.8 Å². The molecule has 7 heteroatoms. The Balaban J connectivity index is 2.24. The number of ether oxygens (including phenoxy) is 2. The normalized spacial score (nSPS) is 25.8. The van der Waals surface area contributed by atoms with Crippen LogP contribution in [0.25, 0.3) is 0 Å². The van der Waals surface area contributed by atoms with E-state index in [-0.39, 0.29) is 41.8 Å². The highest BCUT2D eigenvalue weighted by molar-refractivity contribution is 6.07. The number of piperidine rings is 1. The van der Waals surface area contributed by atoms with Gasteiger partial charge in [0.15, 0.2) is 0 Å². The number of hydrogen-bond donors (Lipinski definition) is 1. The Morgan fingerprint density at radius 2 is 1.39 bits per heavy atom. The maximum Gasteiger partial charge on any atom is 0.325 e. The molecule has 2 aliphatic heterocycles. The van der Waals surface area contributed by atoms with Gasteiger partial charge in [0, 0.05) is 30.8 Å². The molecule has 7 nitrogen and oxygen atoms in total. The number of nitrogens with zero attached hydrogens (tertiary/aromatic N) is 2. The summed E-state index contributed by atoms with van der Waals surface area (Å²) in [4.78, 5) is 29.8. The molecule has 2 saturated heterocycles. The van der Waals surface area contributed by atoms with Crippen LogP contribution < -0.4 is 5.32 Å². The van der Waals surface area contributed by atoms with Gasteiger partial charge in [-0.05, 0) is 68.2 Å². The van der Waals surface area contributed by atoms with Gasteiger partial charge >= 0.3 is 6.03 Å². The Hall–Kier alpha value is -1.18. The molecule has 2 rings (SSSR count). The van der Waals surface area contributed by atoms with Gasteiger partial charge in [0.1, 0.15) is 5.54 Å². The smallest absolute Gasteiger partial charge is 0.325 e. The van der Waals surface area contributed by atoms with Crippen LogP contribution in [0, 0.1) is 0 Å². The predicted octanol–water partition coefficient (Wildman–Crippen LogP) is 2.78. The Morgan fingerprint density at radius 1 is 0.929 bits per heavy atom. The van der Waals surface area contributed by atoms with E-state index in [9.17, 15) is 9.59 Å². The van der Waals surface area contributed by atoms with Gasteiger partial charge in [0.05, 0.1) is 18.8 Å². The van der Waals surface area contributed by atoms with Crippen LogP contribution in [-0.2, 0) is 14.3 Å². The number of carbonyl (C=O) groups excluding carboxylic acids is 2. The fraction of sp³-hybridized carbons (Fsp3) is 0.905. The van der Waals surface area contributed by atoms with Crippen molar-refractivity contribution in [2.45, 2.75) is 97.1 Å². The van der Waals surface area contributed by atoms with Crippen molar-refractivity contribution < 1.29 is 19.1 Å². The molecule has 0 radical (unpaired) electrons. The van der Waals surface area contributed by atoms with Gasteiger partial charge in [-0.1, -0.05) is 0 Å². The fourth-order valence-corrected chi connectivity index (χ4v) is 5.31. The highest BCUT2D eigenvalue weighted by Crippen LogP contribution is 2.46. The minimum Gasteiger partial charge on any atom is -0.377 e. The van der Waals surface area contributed by atoms with Crippen LogP contribution >= 0.6 is 0 Å². The summed E-state index contributed by atoms with van der Waals surface area (Å²) in [7, 11) is 0. The van der Waals surface area contributed by atoms with Gasteiger partial charge in [-0.15, -0.1) is 0 Å². The summed E-state index contributed by atoms with van der Waals surface area (Å²) in [5.74, 6) is -0.122. The summed E-state index contributed by atoms with van der Waals surface area (Å²) in [6.45, 7) is 18.8. The second kappa shape index (κ2) is 8.28.